The lowest BCUT2D eigenvalue weighted by molar-refractivity contribution is -0.112. The fourth-order valence-corrected chi connectivity index (χ4v) is 2.63. The van der Waals surface area contributed by atoms with E-state index in [0.29, 0.717) is 41.5 Å². The molecule has 0 aliphatic heterocycles. The third-order valence-corrected chi connectivity index (χ3v) is 4.06. The summed E-state index contributed by atoms with van der Waals surface area (Å²) in [6.07, 6.45) is 2.35. The van der Waals surface area contributed by atoms with Crippen LogP contribution in [0.2, 0.25) is 0 Å². The highest BCUT2D eigenvalue weighted by Gasteiger charge is 2.12. The van der Waals surface area contributed by atoms with Gasteiger partial charge in [0, 0.05) is 5.69 Å². The Labute approximate surface area is 182 Å². The van der Waals surface area contributed by atoms with E-state index in [1.54, 1.807) is 49.4 Å². The van der Waals surface area contributed by atoms with Crippen molar-refractivity contribution in [3.63, 3.8) is 0 Å². The summed E-state index contributed by atoms with van der Waals surface area (Å²) in [5, 5.41) is 12.1. The monoisotopic (exact) mass is 422 g/mol. The van der Waals surface area contributed by atoms with Gasteiger partial charge in [-0.2, -0.15) is 5.26 Å². The predicted molar refractivity (Wildman–Crippen MR) is 118 cm³/mol. The fraction of sp³-hybridized carbons (Fsp3) is 0.292. The summed E-state index contributed by atoms with van der Waals surface area (Å²) in [4.78, 5) is 24.3. The molecule has 2 aromatic rings. The molecule has 0 aliphatic carbocycles. The van der Waals surface area contributed by atoms with E-state index in [4.69, 9.17) is 14.2 Å². The number of hydrogen-bond acceptors (Lipinski definition) is 6. The molecule has 0 aliphatic rings. The smallest absolute Gasteiger partial charge is 0.338 e. The van der Waals surface area contributed by atoms with E-state index < -0.39 is 11.9 Å². The van der Waals surface area contributed by atoms with E-state index >= 15 is 0 Å². The lowest BCUT2D eigenvalue weighted by atomic mass is 10.1. The highest BCUT2D eigenvalue weighted by Crippen LogP contribution is 2.29. The minimum Gasteiger partial charge on any atom is -0.490 e. The van der Waals surface area contributed by atoms with Gasteiger partial charge in [-0.05, 0) is 68.3 Å². The zero-order chi connectivity index (χ0) is 22.6. The molecule has 31 heavy (non-hydrogen) atoms. The molecule has 7 heteroatoms. The van der Waals surface area contributed by atoms with Gasteiger partial charge in [0.1, 0.15) is 11.6 Å². The number of anilines is 1. The van der Waals surface area contributed by atoms with Crippen LogP contribution in [-0.2, 0) is 9.53 Å². The molecule has 0 heterocycles. The molecule has 2 rings (SSSR count). The number of carbonyl (C=O) groups is 2. The summed E-state index contributed by atoms with van der Waals surface area (Å²) in [6, 6.07) is 13.4. The normalized spacial score (nSPS) is 10.7. The Kier molecular flexibility index (Phi) is 9.12. The van der Waals surface area contributed by atoms with E-state index in [2.05, 4.69) is 5.32 Å². The maximum atomic E-state index is 12.5. The van der Waals surface area contributed by atoms with Crippen molar-refractivity contribution in [1.29, 1.82) is 5.26 Å². The maximum absolute atomic E-state index is 12.5. The Morgan fingerprint density at radius 2 is 1.74 bits per heavy atom. The van der Waals surface area contributed by atoms with Gasteiger partial charge in [0.15, 0.2) is 11.5 Å². The SMILES string of the molecule is CCCOc1ccc(/C=C(\C#N)C(=O)Nc2ccc(C(=O)OCC)cc2)cc1OCC. The van der Waals surface area contributed by atoms with E-state index in [0.717, 1.165) is 6.42 Å². The van der Waals surface area contributed by atoms with Crippen LogP contribution >= 0.6 is 0 Å². The second-order valence-electron chi connectivity index (χ2n) is 6.41. The van der Waals surface area contributed by atoms with Gasteiger partial charge in [-0.1, -0.05) is 13.0 Å². The fourth-order valence-electron chi connectivity index (χ4n) is 2.63. The average Bonchev–Trinajstić information content (AvgIpc) is 2.77. The van der Waals surface area contributed by atoms with Crippen LogP contribution in [0.5, 0.6) is 11.5 Å². The number of benzene rings is 2. The van der Waals surface area contributed by atoms with Crippen molar-refractivity contribution in [1.82, 2.24) is 0 Å². The summed E-state index contributed by atoms with van der Waals surface area (Å²) < 4.78 is 16.2. The van der Waals surface area contributed by atoms with Crippen LogP contribution in [0.4, 0.5) is 5.69 Å². The lowest BCUT2D eigenvalue weighted by Crippen LogP contribution is -2.13. The van der Waals surface area contributed by atoms with Crippen LogP contribution < -0.4 is 14.8 Å². The third kappa shape index (κ3) is 6.89. The molecule has 2 aromatic carbocycles. The van der Waals surface area contributed by atoms with Gasteiger partial charge in [-0.15, -0.1) is 0 Å². The highest BCUT2D eigenvalue weighted by molar-refractivity contribution is 6.09. The molecular weight excluding hydrogens is 396 g/mol. The molecule has 0 saturated carbocycles. The Morgan fingerprint density at radius 1 is 1.00 bits per heavy atom. The number of amides is 1. The standard InChI is InChI=1S/C24H26N2O5/c1-4-13-31-21-12-7-17(15-22(21)29-5-2)14-19(16-25)23(27)26-20-10-8-18(9-11-20)24(28)30-6-3/h7-12,14-15H,4-6,13H2,1-3H3,(H,26,27)/b19-14+. The van der Waals surface area contributed by atoms with E-state index in [1.165, 1.54) is 6.08 Å². The zero-order valence-electron chi connectivity index (χ0n) is 17.9. The maximum Gasteiger partial charge on any atom is 0.338 e. The molecule has 0 fully saturated rings. The summed E-state index contributed by atoms with van der Waals surface area (Å²) in [5.41, 5.74) is 1.40. The molecule has 1 amide bonds. The number of carbonyl (C=O) groups excluding carboxylic acids is 2. The van der Waals surface area contributed by atoms with Gasteiger partial charge < -0.3 is 19.5 Å². The summed E-state index contributed by atoms with van der Waals surface area (Å²) >= 11 is 0. The number of nitrogens with zero attached hydrogens (tertiary/aromatic N) is 1. The highest BCUT2D eigenvalue weighted by atomic mass is 16.5. The Hall–Kier alpha value is -3.79. The third-order valence-electron chi connectivity index (χ3n) is 4.06. The number of rotatable bonds is 10. The Bertz CT molecular complexity index is 974. The van der Waals surface area contributed by atoms with Gasteiger partial charge in [0.05, 0.1) is 25.4 Å². The van der Waals surface area contributed by atoms with Crippen molar-refractivity contribution in [2.45, 2.75) is 27.2 Å². The van der Waals surface area contributed by atoms with E-state index in [-0.39, 0.29) is 12.2 Å². The second-order valence-corrected chi connectivity index (χ2v) is 6.41. The van der Waals surface area contributed by atoms with Gasteiger partial charge in [-0.25, -0.2) is 4.79 Å². The molecule has 162 valence electrons. The lowest BCUT2D eigenvalue weighted by Gasteiger charge is -2.12. The number of nitrogens with one attached hydrogen (secondary N) is 1. The minimum absolute atomic E-state index is 0.0702. The first-order valence-corrected chi connectivity index (χ1v) is 10.1. The van der Waals surface area contributed by atoms with Crippen LogP contribution in [-0.4, -0.2) is 31.7 Å². The van der Waals surface area contributed by atoms with Crippen LogP contribution in [0.1, 0.15) is 43.1 Å². The van der Waals surface area contributed by atoms with Gasteiger partial charge in [0.2, 0.25) is 0 Å². The van der Waals surface area contributed by atoms with Crippen LogP contribution in [0.3, 0.4) is 0 Å². The van der Waals surface area contributed by atoms with Gasteiger partial charge in [0.25, 0.3) is 5.91 Å². The molecule has 0 aromatic heterocycles. The minimum atomic E-state index is -0.560. The van der Waals surface area contributed by atoms with Crippen molar-refractivity contribution in [2.24, 2.45) is 0 Å². The number of hydrogen-bond donors (Lipinski definition) is 1. The Balaban J connectivity index is 2.17. The Morgan fingerprint density at radius 3 is 2.35 bits per heavy atom. The molecule has 0 unspecified atom stereocenters. The quantitative estimate of drug-likeness (QED) is 0.341. The predicted octanol–water partition coefficient (Wildman–Crippen LogP) is 4.60. The molecule has 0 radical (unpaired) electrons. The van der Waals surface area contributed by atoms with Crippen molar-refractivity contribution >= 4 is 23.6 Å². The first kappa shape index (κ1) is 23.5. The molecular formula is C24H26N2O5. The number of nitriles is 1. The van der Waals surface area contributed by atoms with Crippen molar-refractivity contribution in [2.75, 3.05) is 25.1 Å². The number of ether oxygens (including phenoxy) is 3. The van der Waals surface area contributed by atoms with E-state index in [1.807, 2.05) is 19.9 Å². The van der Waals surface area contributed by atoms with Gasteiger partial charge in [-0.3, -0.25) is 4.79 Å². The van der Waals surface area contributed by atoms with Crippen LogP contribution in [0.15, 0.2) is 48.0 Å². The average molecular weight is 422 g/mol. The molecule has 1 N–H and O–H groups in total. The van der Waals surface area contributed by atoms with Gasteiger partial charge >= 0.3 is 5.97 Å². The number of esters is 1. The second kappa shape index (κ2) is 12.0. The first-order valence-electron chi connectivity index (χ1n) is 10.1. The topological polar surface area (TPSA) is 97.7 Å². The molecule has 0 bridgehead atoms. The van der Waals surface area contributed by atoms with Crippen LogP contribution in [0, 0.1) is 11.3 Å². The summed E-state index contributed by atoms with van der Waals surface area (Å²) in [5.74, 6) is 0.174. The molecule has 7 nitrogen and oxygen atoms in total. The summed E-state index contributed by atoms with van der Waals surface area (Å²) in [6.45, 7) is 6.92. The first-order chi connectivity index (χ1) is 15.0. The summed E-state index contributed by atoms with van der Waals surface area (Å²) in [7, 11) is 0. The zero-order valence-corrected chi connectivity index (χ0v) is 17.9. The van der Waals surface area contributed by atoms with Crippen molar-refractivity contribution in [3.05, 3.63) is 59.2 Å². The van der Waals surface area contributed by atoms with Crippen molar-refractivity contribution in [3.8, 4) is 17.6 Å². The molecule has 0 spiro atoms. The largest absolute Gasteiger partial charge is 0.490 e. The van der Waals surface area contributed by atoms with Crippen molar-refractivity contribution < 1.29 is 23.8 Å². The van der Waals surface area contributed by atoms with Crippen LogP contribution in [0.25, 0.3) is 6.08 Å². The van der Waals surface area contributed by atoms with E-state index in [9.17, 15) is 14.9 Å². The molecule has 0 saturated heterocycles. The molecule has 0 atom stereocenters.